The second-order valence-electron chi connectivity index (χ2n) is 6.61. The fourth-order valence-corrected chi connectivity index (χ4v) is 2.99. The van der Waals surface area contributed by atoms with E-state index in [2.05, 4.69) is 29.5 Å². The highest BCUT2D eigenvalue weighted by Gasteiger charge is 2.32. The number of alkyl carbamates (subject to hydrolysis) is 1. The number of hydrogen-bond donors (Lipinski definition) is 2. The molecule has 7 nitrogen and oxygen atoms in total. The van der Waals surface area contributed by atoms with Gasteiger partial charge in [0, 0.05) is 32.7 Å². The lowest BCUT2D eigenvalue weighted by Crippen LogP contribution is -2.44. The summed E-state index contributed by atoms with van der Waals surface area (Å²) in [5, 5.41) is 6.30. The molecule has 2 atom stereocenters. The molecule has 0 aromatic rings. The van der Waals surface area contributed by atoms with Crippen LogP contribution in [-0.4, -0.2) is 69.5 Å². The zero-order valence-electron chi connectivity index (χ0n) is 15.6. The number of ether oxygens (including phenoxy) is 2. The van der Waals surface area contributed by atoms with Crippen molar-refractivity contribution in [3.63, 3.8) is 0 Å². The van der Waals surface area contributed by atoms with E-state index in [1.165, 1.54) is 0 Å². The summed E-state index contributed by atoms with van der Waals surface area (Å²) in [6, 6.07) is 0.0564. The Hall–Kier alpha value is -0.770. The van der Waals surface area contributed by atoms with Crippen LogP contribution in [0, 0.1) is 11.8 Å². The SMILES string of the molecule is CCNC(=NCC(NC(=O)OCC)C1CC1)N(C)CC1CCOC1.I. The summed E-state index contributed by atoms with van der Waals surface area (Å²) in [7, 11) is 2.06. The monoisotopic (exact) mass is 468 g/mol. The third kappa shape index (κ3) is 7.98. The van der Waals surface area contributed by atoms with Crippen LogP contribution in [0.2, 0.25) is 0 Å². The average molecular weight is 468 g/mol. The van der Waals surface area contributed by atoms with Gasteiger partial charge < -0.3 is 25.0 Å². The molecule has 146 valence electrons. The van der Waals surface area contributed by atoms with Crippen molar-refractivity contribution in [3.8, 4) is 0 Å². The molecule has 2 aliphatic rings. The van der Waals surface area contributed by atoms with Gasteiger partial charge in [-0.25, -0.2) is 4.79 Å². The summed E-state index contributed by atoms with van der Waals surface area (Å²) in [5.41, 5.74) is 0. The topological polar surface area (TPSA) is 75.2 Å². The van der Waals surface area contributed by atoms with Crippen LogP contribution in [-0.2, 0) is 9.47 Å². The van der Waals surface area contributed by atoms with Crippen LogP contribution in [0.4, 0.5) is 4.79 Å². The zero-order valence-corrected chi connectivity index (χ0v) is 18.0. The van der Waals surface area contributed by atoms with Gasteiger partial charge in [0.2, 0.25) is 0 Å². The molecule has 2 N–H and O–H groups in total. The molecule has 0 radical (unpaired) electrons. The van der Waals surface area contributed by atoms with E-state index in [0.29, 0.717) is 25.0 Å². The predicted octanol–water partition coefficient (Wildman–Crippen LogP) is 2.06. The second-order valence-corrected chi connectivity index (χ2v) is 6.61. The smallest absolute Gasteiger partial charge is 0.407 e. The number of carbonyl (C=O) groups is 1. The van der Waals surface area contributed by atoms with Crippen LogP contribution in [0.3, 0.4) is 0 Å². The van der Waals surface area contributed by atoms with Crippen LogP contribution in [0.1, 0.15) is 33.1 Å². The third-order valence-electron chi connectivity index (χ3n) is 4.46. The first-order chi connectivity index (χ1) is 11.6. The second kappa shape index (κ2) is 11.8. The van der Waals surface area contributed by atoms with Crippen molar-refractivity contribution in [2.24, 2.45) is 16.8 Å². The summed E-state index contributed by atoms with van der Waals surface area (Å²) in [4.78, 5) is 18.6. The molecular formula is C17H33IN4O3. The van der Waals surface area contributed by atoms with E-state index >= 15 is 0 Å². The van der Waals surface area contributed by atoms with Gasteiger partial charge in [-0.3, -0.25) is 4.99 Å². The Labute approximate surface area is 168 Å². The van der Waals surface area contributed by atoms with Gasteiger partial charge in [0.15, 0.2) is 5.96 Å². The Kier molecular flexibility index (Phi) is 10.5. The Bertz CT molecular complexity index is 426. The van der Waals surface area contributed by atoms with Crippen molar-refractivity contribution in [1.29, 1.82) is 0 Å². The largest absolute Gasteiger partial charge is 0.450 e. The van der Waals surface area contributed by atoms with Gasteiger partial charge >= 0.3 is 6.09 Å². The Morgan fingerprint density at radius 3 is 2.68 bits per heavy atom. The molecule has 25 heavy (non-hydrogen) atoms. The summed E-state index contributed by atoms with van der Waals surface area (Å²) < 4.78 is 10.5. The van der Waals surface area contributed by atoms with Crippen molar-refractivity contribution in [1.82, 2.24) is 15.5 Å². The Morgan fingerprint density at radius 2 is 2.12 bits per heavy atom. The molecule has 2 unspecified atom stereocenters. The van der Waals surface area contributed by atoms with E-state index in [0.717, 1.165) is 51.5 Å². The standard InChI is InChI=1S/C17H32N4O3.HI/c1-4-18-16(21(3)11-13-8-9-23-12-13)19-10-15(14-6-7-14)20-17(22)24-5-2;/h13-15H,4-12H2,1-3H3,(H,18,19)(H,20,22);1H. The summed E-state index contributed by atoms with van der Waals surface area (Å²) in [5.74, 6) is 1.98. The van der Waals surface area contributed by atoms with E-state index in [-0.39, 0.29) is 36.1 Å². The minimum absolute atomic E-state index is 0. The lowest BCUT2D eigenvalue weighted by molar-refractivity contribution is 0.147. The quantitative estimate of drug-likeness (QED) is 0.324. The minimum Gasteiger partial charge on any atom is -0.450 e. The fraction of sp³-hybridized carbons (Fsp3) is 0.882. The maximum Gasteiger partial charge on any atom is 0.407 e. The molecule has 1 amide bonds. The summed E-state index contributed by atoms with van der Waals surface area (Å²) in [6.07, 6.45) is 3.07. The van der Waals surface area contributed by atoms with Crippen LogP contribution >= 0.6 is 24.0 Å². The summed E-state index contributed by atoms with van der Waals surface area (Å²) >= 11 is 0. The number of carbonyl (C=O) groups excluding carboxylic acids is 1. The molecule has 1 saturated carbocycles. The van der Waals surface area contributed by atoms with Crippen molar-refractivity contribution < 1.29 is 14.3 Å². The molecule has 1 aliphatic carbocycles. The van der Waals surface area contributed by atoms with Crippen molar-refractivity contribution >= 4 is 36.0 Å². The lowest BCUT2D eigenvalue weighted by Gasteiger charge is -2.25. The number of rotatable bonds is 8. The molecule has 0 bridgehead atoms. The predicted molar refractivity (Wildman–Crippen MR) is 110 cm³/mol. The molecule has 1 aliphatic heterocycles. The van der Waals surface area contributed by atoms with Gasteiger partial charge in [-0.05, 0) is 39.0 Å². The Balaban J connectivity index is 0.00000312. The number of hydrogen-bond acceptors (Lipinski definition) is 4. The molecule has 1 saturated heterocycles. The molecule has 2 fully saturated rings. The first kappa shape index (κ1) is 22.3. The molecule has 0 aromatic carbocycles. The summed E-state index contributed by atoms with van der Waals surface area (Å²) in [6.45, 7) is 8.30. The van der Waals surface area contributed by atoms with Crippen LogP contribution in [0.25, 0.3) is 0 Å². The van der Waals surface area contributed by atoms with Crippen LogP contribution in [0.5, 0.6) is 0 Å². The molecular weight excluding hydrogens is 435 g/mol. The molecule has 0 aromatic heterocycles. The highest BCUT2D eigenvalue weighted by Crippen LogP contribution is 2.32. The number of amides is 1. The zero-order chi connectivity index (χ0) is 17.4. The maximum absolute atomic E-state index is 11.7. The normalized spacial score (nSPS) is 21.2. The van der Waals surface area contributed by atoms with Crippen LogP contribution in [0.15, 0.2) is 4.99 Å². The number of halogens is 1. The highest BCUT2D eigenvalue weighted by atomic mass is 127. The number of nitrogens with zero attached hydrogens (tertiary/aromatic N) is 2. The first-order valence-electron chi connectivity index (χ1n) is 9.14. The Morgan fingerprint density at radius 1 is 1.36 bits per heavy atom. The maximum atomic E-state index is 11.7. The molecule has 8 heteroatoms. The van der Waals surface area contributed by atoms with E-state index in [4.69, 9.17) is 14.5 Å². The van der Waals surface area contributed by atoms with E-state index < -0.39 is 0 Å². The van der Waals surface area contributed by atoms with Gasteiger partial charge in [-0.2, -0.15) is 0 Å². The van der Waals surface area contributed by atoms with Crippen molar-refractivity contribution in [2.45, 2.75) is 39.2 Å². The van der Waals surface area contributed by atoms with Gasteiger partial charge in [0.1, 0.15) is 0 Å². The molecule has 0 spiro atoms. The number of nitrogens with one attached hydrogen (secondary N) is 2. The van der Waals surface area contributed by atoms with Gasteiger partial charge in [0.25, 0.3) is 0 Å². The van der Waals surface area contributed by atoms with Gasteiger partial charge in [-0.1, -0.05) is 0 Å². The first-order valence-corrected chi connectivity index (χ1v) is 9.14. The van der Waals surface area contributed by atoms with Crippen molar-refractivity contribution in [2.75, 3.05) is 46.5 Å². The van der Waals surface area contributed by atoms with Gasteiger partial charge in [0.05, 0.1) is 25.8 Å². The van der Waals surface area contributed by atoms with Crippen LogP contribution < -0.4 is 10.6 Å². The third-order valence-corrected chi connectivity index (χ3v) is 4.46. The average Bonchev–Trinajstić information content (AvgIpc) is 3.28. The highest BCUT2D eigenvalue weighted by molar-refractivity contribution is 14.0. The fourth-order valence-electron chi connectivity index (χ4n) is 2.99. The van der Waals surface area contributed by atoms with E-state index in [1.54, 1.807) is 0 Å². The lowest BCUT2D eigenvalue weighted by atomic mass is 10.1. The minimum atomic E-state index is -0.342. The number of guanidine groups is 1. The van der Waals surface area contributed by atoms with Crippen molar-refractivity contribution in [3.05, 3.63) is 0 Å². The van der Waals surface area contributed by atoms with E-state index in [1.807, 2.05) is 6.92 Å². The molecule has 1 heterocycles. The number of aliphatic imine (C=N–C) groups is 1. The van der Waals surface area contributed by atoms with Gasteiger partial charge in [-0.15, -0.1) is 24.0 Å². The molecule has 2 rings (SSSR count). The van der Waals surface area contributed by atoms with E-state index in [9.17, 15) is 4.79 Å².